The van der Waals surface area contributed by atoms with Gasteiger partial charge in [0.2, 0.25) is 11.8 Å². The third-order valence-electron chi connectivity index (χ3n) is 3.25. The Bertz CT molecular complexity index is 449. The highest BCUT2D eigenvalue weighted by Crippen LogP contribution is 2.10. The summed E-state index contributed by atoms with van der Waals surface area (Å²) in [5.74, 6) is -1.63. The first-order valence-electron chi connectivity index (χ1n) is 6.80. The van der Waals surface area contributed by atoms with Gasteiger partial charge in [-0.3, -0.25) is 19.3 Å². The minimum absolute atomic E-state index is 0.0594. The number of hydrogen-bond acceptors (Lipinski definition) is 4. The fourth-order valence-electron chi connectivity index (χ4n) is 2.13. The molecule has 0 atom stereocenters. The van der Waals surface area contributed by atoms with E-state index in [-0.39, 0.29) is 49.9 Å². The summed E-state index contributed by atoms with van der Waals surface area (Å²) in [4.78, 5) is 49.6. The molecule has 0 radical (unpaired) electrons. The van der Waals surface area contributed by atoms with Crippen LogP contribution in [0.1, 0.15) is 26.7 Å². The molecule has 4 amide bonds. The number of aliphatic carboxylic acids is 1. The molecule has 1 N–H and O–H groups in total. The van der Waals surface area contributed by atoms with E-state index >= 15 is 0 Å². The summed E-state index contributed by atoms with van der Waals surface area (Å²) < 4.78 is 0. The van der Waals surface area contributed by atoms with Crippen molar-refractivity contribution < 1.29 is 24.3 Å². The van der Waals surface area contributed by atoms with Crippen LogP contribution in [0.4, 0.5) is 4.79 Å². The first-order valence-corrected chi connectivity index (χ1v) is 6.80. The molecule has 0 saturated carbocycles. The van der Waals surface area contributed by atoms with Gasteiger partial charge in [0.1, 0.15) is 13.1 Å². The maximum atomic E-state index is 12.0. The van der Waals surface area contributed by atoms with Gasteiger partial charge in [0.05, 0.1) is 0 Å². The van der Waals surface area contributed by atoms with E-state index < -0.39 is 5.97 Å². The Morgan fingerprint density at radius 1 is 1.33 bits per heavy atom. The molecule has 0 aromatic carbocycles. The Hall–Kier alpha value is -2.12. The summed E-state index contributed by atoms with van der Waals surface area (Å²) in [6.45, 7) is 3.37. The number of imide groups is 1. The van der Waals surface area contributed by atoms with Gasteiger partial charge >= 0.3 is 12.0 Å². The Balaban J connectivity index is 2.47. The van der Waals surface area contributed by atoms with Crippen LogP contribution in [0.3, 0.4) is 0 Å². The monoisotopic (exact) mass is 299 g/mol. The number of carboxylic acid groups (broad SMARTS) is 1. The van der Waals surface area contributed by atoms with E-state index in [1.165, 1.54) is 9.80 Å². The molecule has 0 aromatic heterocycles. The smallest absolute Gasteiger partial charge is 0.326 e. The molecule has 0 bridgehead atoms. The lowest BCUT2D eigenvalue weighted by atomic mass is 10.2. The third-order valence-corrected chi connectivity index (χ3v) is 3.25. The van der Waals surface area contributed by atoms with Crippen molar-refractivity contribution in [2.24, 2.45) is 0 Å². The van der Waals surface area contributed by atoms with Gasteiger partial charge in [0, 0.05) is 26.1 Å². The second-order valence-electron chi connectivity index (χ2n) is 5.30. The molecule has 8 heteroatoms. The third kappa shape index (κ3) is 4.44. The highest BCUT2D eigenvalue weighted by molar-refractivity contribution is 6.01. The molecule has 1 aliphatic heterocycles. The fourth-order valence-corrected chi connectivity index (χ4v) is 2.13. The Kier molecular flexibility index (Phi) is 5.69. The molecule has 0 aliphatic carbocycles. The molecule has 1 fully saturated rings. The molecule has 21 heavy (non-hydrogen) atoms. The second-order valence-corrected chi connectivity index (χ2v) is 5.30. The maximum absolute atomic E-state index is 12.0. The van der Waals surface area contributed by atoms with Gasteiger partial charge in [0.25, 0.3) is 0 Å². The Morgan fingerprint density at radius 2 is 1.95 bits per heavy atom. The lowest BCUT2D eigenvalue weighted by Crippen LogP contribution is -2.41. The van der Waals surface area contributed by atoms with Crippen LogP contribution in [0.15, 0.2) is 0 Å². The summed E-state index contributed by atoms with van der Waals surface area (Å²) in [7, 11) is 1.54. The largest absolute Gasteiger partial charge is 0.480 e. The fraction of sp³-hybridized carbons (Fsp3) is 0.692. The van der Waals surface area contributed by atoms with E-state index in [4.69, 9.17) is 5.11 Å². The molecule has 1 aliphatic rings. The van der Waals surface area contributed by atoms with Crippen LogP contribution < -0.4 is 0 Å². The SMILES string of the molecule is CC(C)N(CC(=O)O)C(=O)CCCN1C(=O)CN(C)C1=O. The number of nitrogens with zero attached hydrogens (tertiary/aromatic N) is 3. The topological polar surface area (TPSA) is 98.2 Å². The number of rotatable bonds is 7. The molecule has 0 aromatic rings. The van der Waals surface area contributed by atoms with Crippen molar-refractivity contribution in [2.45, 2.75) is 32.7 Å². The van der Waals surface area contributed by atoms with E-state index in [1.807, 2.05) is 0 Å². The first-order chi connectivity index (χ1) is 9.73. The van der Waals surface area contributed by atoms with Crippen molar-refractivity contribution in [3.63, 3.8) is 0 Å². The van der Waals surface area contributed by atoms with Crippen LogP contribution >= 0.6 is 0 Å². The molecular weight excluding hydrogens is 278 g/mol. The molecule has 118 valence electrons. The predicted octanol–water partition coefficient (Wildman–Crippen LogP) is -0.0178. The van der Waals surface area contributed by atoms with Crippen LogP contribution in [0.25, 0.3) is 0 Å². The molecule has 1 rings (SSSR count). The summed E-state index contributed by atoms with van der Waals surface area (Å²) >= 11 is 0. The minimum atomic E-state index is -1.07. The zero-order valence-corrected chi connectivity index (χ0v) is 12.5. The van der Waals surface area contributed by atoms with E-state index in [9.17, 15) is 19.2 Å². The number of carboxylic acids is 1. The van der Waals surface area contributed by atoms with Crippen LogP contribution in [-0.2, 0) is 14.4 Å². The molecular formula is C13H21N3O5. The van der Waals surface area contributed by atoms with Crippen molar-refractivity contribution in [3.8, 4) is 0 Å². The number of urea groups is 1. The van der Waals surface area contributed by atoms with Crippen LogP contribution in [-0.4, -0.2) is 76.3 Å². The standard InChI is InChI=1S/C13H21N3O5/c1-9(2)16(8-12(19)20)10(17)5-4-6-15-11(18)7-14(3)13(15)21/h9H,4-8H2,1-3H3,(H,19,20). The molecule has 1 saturated heterocycles. The molecule has 8 nitrogen and oxygen atoms in total. The predicted molar refractivity (Wildman–Crippen MR) is 73.5 cm³/mol. The molecule has 0 spiro atoms. The summed E-state index contributed by atoms with van der Waals surface area (Å²) in [5.41, 5.74) is 0. The minimum Gasteiger partial charge on any atom is -0.480 e. The van der Waals surface area contributed by atoms with E-state index in [0.717, 1.165) is 4.90 Å². The van der Waals surface area contributed by atoms with E-state index in [2.05, 4.69) is 0 Å². The lowest BCUT2D eigenvalue weighted by molar-refractivity contribution is -0.145. The van der Waals surface area contributed by atoms with Crippen LogP contribution in [0, 0.1) is 0 Å². The molecule has 1 heterocycles. The van der Waals surface area contributed by atoms with Crippen molar-refractivity contribution in [2.75, 3.05) is 26.7 Å². The molecule has 0 unspecified atom stereocenters. The highest BCUT2D eigenvalue weighted by atomic mass is 16.4. The second kappa shape index (κ2) is 7.05. The number of likely N-dealkylation sites (N-methyl/N-ethyl adjacent to an activating group) is 1. The summed E-state index contributed by atoms with van der Waals surface area (Å²) in [5, 5.41) is 8.78. The van der Waals surface area contributed by atoms with Gasteiger partial charge in [-0.15, -0.1) is 0 Å². The van der Waals surface area contributed by atoms with Gasteiger partial charge in [0.15, 0.2) is 0 Å². The van der Waals surface area contributed by atoms with E-state index in [1.54, 1.807) is 20.9 Å². The van der Waals surface area contributed by atoms with Gasteiger partial charge in [-0.2, -0.15) is 0 Å². The number of carbonyl (C=O) groups excluding carboxylic acids is 3. The summed E-state index contributed by atoms with van der Waals surface area (Å²) in [6, 6.07) is -0.575. The normalized spacial score (nSPS) is 15.0. The zero-order valence-electron chi connectivity index (χ0n) is 12.5. The number of hydrogen-bond donors (Lipinski definition) is 1. The zero-order chi connectivity index (χ0) is 16.2. The van der Waals surface area contributed by atoms with Crippen molar-refractivity contribution >= 4 is 23.8 Å². The van der Waals surface area contributed by atoms with Crippen LogP contribution in [0.5, 0.6) is 0 Å². The van der Waals surface area contributed by atoms with Crippen molar-refractivity contribution in [1.29, 1.82) is 0 Å². The van der Waals surface area contributed by atoms with Crippen LogP contribution in [0.2, 0.25) is 0 Å². The quantitative estimate of drug-likeness (QED) is 0.666. The van der Waals surface area contributed by atoms with Gasteiger partial charge in [-0.05, 0) is 20.3 Å². The Labute approximate surface area is 123 Å². The van der Waals surface area contributed by atoms with Crippen molar-refractivity contribution in [3.05, 3.63) is 0 Å². The van der Waals surface area contributed by atoms with Gasteiger partial charge in [-0.1, -0.05) is 0 Å². The number of carbonyl (C=O) groups is 4. The average Bonchev–Trinajstić information content (AvgIpc) is 2.61. The maximum Gasteiger partial charge on any atom is 0.326 e. The Morgan fingerprint density at radius 3 is 2.38 bits per heavy atom. The van der Waals surface area contributed by atoms with Gasteiger partial charge < -0.3 is 14.9 Å². The summed E-state index contributed by atoms with van der Waals surface area (Å²) in [6.07, 6.45) is 0.430. The lowest BCUT2D eigenvalue weighted by Gasteiger charge is -2.25. The number of amides is 4. The van der Waals surface area contributed by atoms with E-state index in [0.29, 0.717) is 6.42 Å². The average molecular weight is 299 g/mol. The first kappa shape index (κ1) is 16.9. The highest BCUT2D eigenvalue weighted by Gasteiger charge is 2.33. The van der Waals surface area contributed by atoms with Crippen molar-refractivity contribution in [1.82, 2.24) is 14.7 Å². The van der Waals surface area contributed by atoms with Gasteiger partial charge in [-0.25, -0.2) is 4.79 Å².